The molecule has 0 nitrogen and oxygen atoms in total. The quantitative estimate of drug-likeness (QED) is 0.632. The summed E-state index contributed by atoms with van der Waals surface area (Å²) in [6.45, 7) is 3.63. The van der Waals surface area contributed by atoms with Crippen LogP contribution in [-0.2, 0) is 27.3 Å². The molecule has 0 aliphatic carbocycles. The van der Waals surface area contributed by atoms with Crippen molar-refractivity contribution in [1.29, 1.82) is 0 Å². The molecule has 0 heterocycles. The Kier molecular flexibility index (Phi) is 4.67. The molecular formula is C8H8Cd. The fourth-order valence-corrected chi connectivity index (χ4v) is 0.589. The van der Waals surface area contributed by atoms with Crippen LogP contribution in [0.25, 0.3) is 6.08 Å². The van der Waals surface area contributed by atoms with Crippen LogP contribution in [0.15, 0.2) is 36.9 Å². The summed E-state index contributed by atoms with van der Waals surface area (Å²) in [6, 6.07) is 10.0. The van der Waals surface area contributed by atoms with E-state index in [1.54, 1.807) is 0 Å². The first-order valence-electron chi connectivity index (χ1n) is 2.61. The molecule has 0 spiro atoms. The summed E-state index contributed by atoms with van der Waals surface area (Å²) >= 11 is 0. The SMILES string of the molecule is C=Cc1ccccc1.[Cd]. The Hall–Kier alpha value is -0.118. The van der Waals surface area contributed by atoms with Crippen molar-refractivity contribution in [1.82, 2.24) is 0 Å². The molecule has 0 saturated carbocycles. The molecule has 0 aliphatic rings. The van der Waals surface area contributed by atoms with Crippen molar-refractivity contribution in [3.05, 3.63) is 42.5 Å². The van der Waals surface area contributed by atoms with E-state index in [1.165, 1.54) is 5.56 Å². The molecule has 9 heavy (non-hydrogen) atoms. The molecular weight excluding hydrogens is 208 g/mol. The van der Waals surface area contributed by atoms with E-state index in [0.717, 1.165) is 0 Å². The van der Waals surface area contributed by atoms with Gasteiger partial charge in [-0.3, -0.25) is 0 Å². The molecule has 1 heteroatoms. The van der Waals surface area contributed by atoms with Gasteiger partial charge in [0.25, 0.3) is 0 Å². The van der Waals surface area contributed by atoms with E-state index in [-0.39, 0.29) is 27.3 Å². The minimum atomic E-state index is 0. The maximum absolute atomic E-state index is 3.63. The first-order chi connectivity index (χ1) is 3.93. The zero-order chi connectivity index (χ0) is 5.82. The summed E-state index contributed by atoms with van der Waals surface area (Å²) in [5.41, 5.74) is 1.17. The first-order valence-corrected chi connectivity index (χ1v) is 2.61. The molecule has 0 amide bonds. The van der Waals surface area contributed by atoms with Gasteiger partial charge in [0, 0.05) is 27.3 Å². The molecule has 0 N–H and O–H groups in total. The molecule has 0 unspecified atom stereocenters. The molecule has 0 bridgehead atoms. The maximum Gasteiger partial charge on any atom is 0 e. The Morgan fingerprint density at radius 1 is 1.11 bits per heavy atom. The van der Waals surface area contributed by atoms with Crippen molar-refractivity contribution in [3.63, 3.8) is 0 Å². The van der Waals surface area contributed by atoms with Crippen LogP contribution < -0.4 is 0 Å². The van der Waals surface area contributed by atoms with E-state index < -0.39 is 0 Å². The summed E-state index contributed by atoms with van der Waals surface area (Å²) in [5.74, 6) is 0. The van der Waals surface area contributed by atoms with Crippen LogP contribution in [0.3, 0.4) is 0 Å². The second-order valence-electron chi connectivity index (χ2n) is 1.61. The van der Waals surface area contributed by atoms with E-state index in [9.17, 15) is 0 Å². The van der Waals surface area contributed by atoms with Crippen molar-refractivity contribution < 1.29 is 27.3 Å². The molecule has 0 saturated heterocycles. The maximum atomic E-state index is 3.63. The van der Waals surface area contributed by atoms with Crippen LogP contribution in [0.4, 0.5) is 0 Å². The molecule has 0 atom stereocenters. The van der Waals surface area contributed by atoms with Crippen molar-refractivity contribution in [3.8, 4) is 0 Å². The minimum Gasteiger partial charge on any atom is -0.0985 e. The van der Waals surface area contributed by atoms with Crippen LogP contribution in [0.5, 0.6) is 0 Å². The van der Waals surface area contributed by atoms with E-state index in [2.05, 4.69) is 6.58 Å². The standard InChI is InChI=1S/C8H8.Cd/c1-2-8-6-4-3-5-7-8;/h2-7H,1H2;. The predicted molar refractivity (Wildman–Crippen MR) is 36.5 cm³/mol. The van der Waals surface area contributed by atoms with Gasteiger partial charge in [0.1, 0.15) is 0 Å². The van der Waals surface area contributed by atoms with Gasteiger partial charge in [-0.05, 0) is 5.56 Å². The first kappa shape index (κ1) is 8.88. The zero-order valence-corrected chi connectivity index (χ0v) is 9.41. The monoisotopic (exact) mass is 218 g/mol. The normalized spacial score (nSPS) is 7.56. The van der Waals surface area contributed by atoms with Crippen molar-refractivity contribution in [2.75, 3.05) is 0 Å². The Labute approximate surface area is 75.8 Å². The summed E-state index contributed by atoms with van der Waals surface area (Å²) in [6.07, 6.45) is 1.83. The number of hydrogen-bond donors (Lipinski definition) is 0. The third-order valence-electron chi connectivity index (χ3n) is 1.04. The van der Waals surface area contributed by atoms with Crippen LogP contribution in [0.1, 0.15) is 5.56 Å². The summed E-state index contributed by atoms with van der Waals surface area (Å²) in [7, 11) is 0. The van der Waals surface area contributed by atoms with Gasteiger partial charge in [-0.2, -0.15) is 0 Å². The van der Waals surface area contributed by atoms with Gasteiger partial charge in [-0.15, -0.1) is 0 Å². The molecule has 42 valence electrons. The summed E-state index contributed by atoms with van der Waals surface area (Å²) in [5, 5.41) is 0. The van der Waals surface area contributed by atoms with E-state index >= 15 is 0 Å². The summed E-state index contributed by atoms with van der Waals surface area (Å²) < 4.78 is 0. The number of hydrogen-bond acceptors (Lipinski definition) is 0. The van der Waals surface area contributed by atoms with Crippen molar-refractivity contribution in [2.45, 2.75) is 0 Å². The van der Waals surface area contributed by atoms with E-state index in [4.69, 9.17) is 0 Å². The smallest absolute Gasteiger partial charge is 0 e. The number of benzene rings is 1. The van der Waals surface area contributed by atoms with Gasteiger partial charge >= 0.3 is 0 Å². The molecule has 1 rings (SSSR count). The van der Waals surface area contributed by atoms with Crippen LogP contribution >= 0.6 is 0 Å². The van der Waals surface area contributed by atoms with Gasteiger partial charge in [0.2, 0.25) is 0 Å². The van der Waals surface area contributed by atoms with Crippen molar-refractivity contribution >= 4 is 6.08 Å². The Balaban J connectivity index is 0.000000640. The second-order valence-corrected chi connectivity index (χ2v) is 1.61. The molecule has 0 radical (unpaired) electrons. The average molecular weight is 217 g/mol. The van der Waals surface area contributed by atoms with E-state index in [1.807, 2.05) is 36.4 Å². The number of rotatable bonds is 1. The summed E-state index contributed by atoms with van der Waals surface area (Å²) in [4.78, 5) is 0. The van der Waals surface area contributed by atoms with Gasteiger partial charge in [-0.1, -0.05) is 43.0 Å². The van der Waals surface area contributed by atoms with Gasteiger partial charge in [0.05, 0.1) is 0 Å². The van der Waals surface area contributed by atoms with Crippen LogP contribution in [0.2, 0.25) is 0 Å². The largest absolute Gasteiger partial charge is 0.0985 e. The Morgan fingerprint density at radius 3 is 2.00 bits per heavy atom. The fraction of sp³-hybridized carbons (Fsp3) is 0. The fourth-order valence-electron chi connectivity index (χ4n) is 0.589. The minimum absolute atomic E-state index is 0. The third-order valence-corrected chi connectivity index (χ3v) is 1.04. The van der Waals surface area contributed by atoms with Gasteiger partial charge in [-0.25, -0.2) is 0 Å². The predicted octanol–water partition coefficient (Wildman–Crippen LogP) is 2.33. The van der Waals surface area contributed by atoms with Crippen LogP contribution in [0, 0.1) is 0 Å². The van der Waals surface area contributed by atoms with Gasteiger partial charge < -0.3 is 0 Å². The van der Waals surface area contributed by atoms with Crippen LogP contribution in [-0.4, -0.2) is 0 Å². The van der Waals surface area contributed by atoms with Crippen molar-refractivity contribution in [2.24, 2.45) is 0 Å². The van der Waals surface area contributed by atoms with Gasteiger partial charge in [0.15, 0.2) is 0 Å². The average Bonchev–Trinajstić information content (AvgIpc) is 1.90. The molecule has 0 aliphatic heterocycles. The molecule has 0 aromatic heterocycles. The molecule has 1 aromatic rings. The Morgan fingerprint density at radius 2 is 1.67 bits per heavy atom. The third kappa shape index (κ3) is 2.79. The topological polar surface area (TPSA) is 0 Å². The molecule has 0 fully saturated rings. The second kappa shape index (κ2) is 4.73. The zero-order valence-electron chi connectivity index (χ0n) is 5.38. The molecule has 1 aromatic carbocycles. The van der Waals surface area contributed by atoms with E-state index in [0.29, 0.717) is 0 Å². The Bertz CT molecular complexity index is 167.